The quantitative estimate of drug-likeness (QED) is 0.688. The number of ether oxygens (including phenoxy) is 1. The van der Waals surface area contributed by atoms with Crippen LogP contribution in [-0.2, 0) is 9.59 Å². The third-order valence-corrected chi connectivity index (χ3v) is 3.34. The number of nitrogens with one attached hydrogen (secondary N) is 1. The van der Waals surface area contributed by atoms with Crippen LogP contribution in [-0.4, -0.2) is 24.5 Å². The first-order chi connectivity index (χ1) is 11.6. The van der Waals surface area contributed by atoms with Crippen molar-refractivity contribution in [3.63, 3.8) is 0 Å². The van der Waals surface area contributed by atoms with Crippen molar-refractivity contribution in [1.29, 1.82) is 0 Å². The zero-order valence-corrected chi connectivity index (χ0v) is 12.8. The Morgan fingerprint density at radius 2 is 1.96 bits per heavy atom. The molecule has 24 heavy (non-hydrogen) atoms. The standard InChI is InChI=1S/C17H14N2O5/c1-2-23-14-8-4-3-7-13(14)19-16(21)12(15(20)18-17(19)22)10-11-6-5-9-24-11/h3-10H,2H2,1H3,(H,18,20,22)/b12-10-. The molecule has 0 atom stereocenters. The molecule has 2 aromatic rings. The zero-order valence-electron chi connectivity index (χ0n) is 12.8. The van der Waals surface area contributed by atoms with Gasteiger partial charge in [-0.05, 0) is 37.3 Å². The fraction of sp³-hybridized carbons (Fsp3) is 0.118. The van der Waals surface area contributed by atoms with Crippen molar-refractivity contribution in [2.45, 2.75) is 6.92 Å². The monoisotopic (exact) mass is 326 g/mol. The van der Waals surface area contributed by atoms with Gasteiger partial charge in [-0.1, -0.05) is 12.1 Å². The van der Waals surface area contributed by atoms with Gasteiger partial charge in [-0.25, -0.2) is 9.69 Å². The number of rotatable bonds is 4. The van der Waals surface area contributed by atoms with E-state index in [0.717, 1.165) is 4.90 Å². The second-order valence-corrected chi connectivity index (χ2v) is 4.87. The zero-order chi connectivity index (χ0) is 17.1. The molecule has 2 heterocycles. The third kappa shape index (κ3) is 2.79. The molecule has 0 bridgehead atoms. The number of carbonyl (C=O) groups excluding carboxylic acids is 3. The smallest absolute Gasteiger partial charge is 0.336 e. The van der Waals surface area contributed by atoms with Crippen LogP contribution in [0.1, 0.15) is 12.7 Å². The van der Waals surface area contributed by atoms with Crippen LogP contribution in [0.5, 0.6) is 5.75 Å². The molecule has 1 aromatic heterocycles. The van der Waals surface area contributed by atoms with Crippen LogP contribution in [0.3, 0.4) is 0 Å². The molecular weight excluding hydrogens is 312 g/mol. The van der Waals surface area contributed by atoms with E-state index in [4.69, 9.17) is 9.15 Å². The Balaban J connectivity index is 2.03. The maximum absolute atomic E-state index is 12.7. The summed E-state index contributed by atoms with van der Waals surface area (Å²) in [6, 6.07) is 9.02. The van der Waals surface area contributed by atoms with E-state index in [1.165, 1.54) is 12.3 Å². The molecule has 4 amide bonds. The van der Waals surface area contributed by atoms with E-state index in [9.17, 15) is 14.4 Å². The topological polar surface area (TPSA) is 88.8 Å². The first kappa shape index (κ1) is 15.5. The van der Waals surface area contributed by atoms with E-state index in [1.54, 1.807) is 43.3 Å². The number of nitrogens with zero attached hydrogens (tertiary/aromatic N) is 1. The molecule has 7 nitrogen and oxygen atoms in total. The van der Waals surface area contributed by atoms with E-state index in [-0.39, 0.29) is 11.3 Å². The molecule has 0 saturated carbocycles. The van der Waals surface area contributed by atoms with Gasteiger partial charge in [-0.2, -0.15) is 0 Å². The Kier molecular flexibility index (Phi) is 4.15. The summed E-state index contributed by atoms with van der Waals surface area (Å²) in [6.07, 6.45) is 2.71. The highest BCUT2D eigenvalue weighted by Gasteiger charge is 2.38. The molecule has 7 heteroatoms. The minimum atomic E-state index is -0.825. The summed E-state index contributed by atoms with van der Waals surface area (Å²) in [5.74, 6) is -0.810. The summed E-state index contributed by atoms with van der Waals surface area (Å²) in [5, 5.41) is 2.15. The fourth-order valence-electron chi connectivity index (χ4n) is 2.31. The SMILES string of the molecule is CCOc1ccccc1N1C(=O)NC(=O)/C(=C/c2ccco2)C1=O. The van der Waals surface area contributed by atoms with Crippen LogP contribution >= 0.6 is 0 Å². The lowest BCUT2D eigenvalue weighted by Crippen LogP contribution is -2.54. The van der Waals surface area contributed by atoms with Crippen LogP contribution in [0, 0.1) is 0 Å². The molecule has 122 valence electrons. The summed E-state index contributed by atoms with van der Waals surface area (Å²) in [7, 11) is 0. The normalized spacial score (nSPS) is 16.5. The maximum atomic E-state index is 12.7. The molecular formula is C17H14N2O5. The predicted octanol–water partition coefficient (Wildman–Crippen LogP) is 2.34. The Morgan fingerprint density at radius 1 is 1.17 bits per heavy atom. The summed E-state index contributed by atoms with van der Waals surface area (Å²) < 4.78 is 10.6. The average Bonchev–Trinajstić information content (AvgIpc) is 3.06. The molecule has 0 aliphatic carbocycles. The van der Waals surface area contributed by atoms with Gasteiger partial charge >= 0.3 is 6.03 Å². The molecule has 1 saturated heterocycles. The number of amides is 4. The van der Waals surface area contributed by atoms with E-state index in [2.05, 4.69) is 5.32 Å². The second kappa shape index (κ2) is 6.41. The van der Waals surface area contributed by atoms with Crippen molar-refractivity contribution in [2.24, 2.45) is 0 Å². The Bertz CT molecular complexity index is 823. The number of anilines is 1. The molecule has 1 fully saturated rings. The van der Waals surface area contributed by atoms with Gasteiger partial charge in [0.1, 0.15) is 17.1 Å². The summed E-state index contributed by atoms with van der Waals surface area (Å²) in [6.45, 7) is 2.16. The van der Waals surface area contributed by atoms with Crippen molar-refractivity contribution >= 4 is 29.6 Å². The van der Waals surface area contributed by atoms with Crippen LogP contribution in [0.25, 0.3) is 6.08 Å². The number of hydrogen-bond acceptors (Lipinski definition) is 5. The number of barbiturate groups is 1. The number of benzene rings is 1. The van der Waals surface area contributed by atoms with Gasteiger partial charge in [0.15, 0.2) is 0 Å². The Morgan fingerprint density at radius 3 is 2.67 bits per heavy atom. The van der Waals surface area contributed by atoms with Gasteiger partial charge in [-0.15, -0.1) is 0 Å². The summed E-state index contributed by atoms with van der Waals surface area (Å²) in [4.78, 5) is 37.8. The van der Waals surface area contributed by atoms with Gasteiger partial charge in [0.25, 0.3) is 11.8 Å². The van der Waals surface area contributed by atoms with Crippen molar-refractivity contribution in [3.05, 3.63) is 54.0 Å². The fourth-order valence-corrected chi connectivity index (χ4v) is 2.31. The van der Waals surface area contributed by atoms with E-state index < -0.39 is 17.8 Å². The molecule has 0 spiro atoms. The number of carbonyl (C=O) groups is 3. The highest BCUT2D eigenvalue weighted by atomic mass is 16.5. The number of para-hydroxylation sites is 2. The minimum absolute atomic E-state index is 0.198. The minimum Gasteiger partial charge on any atom is -0.492 e. The van der Waals surface area contributed by atoms with E-state index in [0.29, 0.717) is 18.1 Å². The number of furan rings is 1. The lowest BCUT2D eigenvalue weighted by atomic mass is 10.1. The van der Waals surface area contributed by atoms with Crippen LogP contribution in [0.4, 0.5) is 10.5 Å². The largest absolute Gasteiger partial charge is 0.492 e. The first-order valence-corrected chi connectivity index (χ1v) is 7.28. The van der Waals surface area contributed by atoms with Gasteiger partial charge in [0.05, 0.1) is 18.6 Å². The van der Waals surface area contributed by atoms with Crippen molar-refractivity contribution in [2.75, 3.05) is 11.5 Å². The van der Waals surface area contributed by atoms with E-state index in [1.807, 2.05) is 0 Å². The highest BCUT2D eigenvalue weighted by Crippen LogP contribution is 2.31. The van der Waals surface area contributed by atoms with Crippen LogP contribution in [0.15, 0.2) is 52.7 Å². The molecule has 3 rings (SSSR count). The molecule has 1 aliphatic rings. The van der Waals surface area contributed by atoms with Crippen molar-refractivity contribution in [1.82, 2.24) is 5.32 Å². The summed E-state index contributed by atoms with van der Waals surface area (Å²) in [5.41, 5.74) is 0.0653. The molecule has 1 aliphatic heterocycles. The second-order valence-electron chi connectivity index (χ2n) is 4.87. The Hall–Kier alpha value is -3.35. The molecule has 0 unspecified atom stereocenters. The van der Waals surface area contributed by atoms with Crippen LogP contribution in [0.2, 0.25) is 0 Å². The van der Waals surface area contributed by atoms with Crippen LogP contribution < -0.4 is 15.0 Å². The maximum Gasteiger partial charge on any atom is 0.336 e. The van der Waals surface area contributed by atoms with Gasteiger partial charge in [0.2, 0.25) is 0 Å². The Labute approximate surface area is 137 Å². The third-order valence-electron chi connectivity index (χ3n) is 3.34. The predicted molar refractivity (Wildman–Crippen MR) is 85.3 cm³/mol. The number of urea groups is 1. The lowest BCUT2D eigenvalue weighted by molar-refractivity contribution is -0.122. The molecule has 1 aromatic carbocycles. The first-order valence-electron chi connectivity index (χ1n) is 7.28. The van der Waals surface area contributed by atoms with Gasteiger partial charge in [0, 0.05) is 0 Å². The van der Waals surface area contributed by atoms with Crippen molar-refractivity contribution in [3.8, 4) is 5.75 Å². The lowest BCUT2D eigenvalue weighted by Gasteiger charge is -2.27. The number of hydrogen-bond donors (Lipinski definition) is 1. The average molecular weight is 326 g/mol. The van der Waals surface area contributed by atoms with Crippen molar-refractivity contribution < 1.29 is 23.5 Å². The number of imide groups is 2. The molecule has 1 N–H and O–H groups in total. The van der Waals surface area contributed by atoms with E-state index >= 15 is 0 Å². The summed E-state index contributed by atoms with van der Waals surface area (Å²) >= 11 is 0. The van der Waals surface area contributed by atoms with Gasteiger partial charge < -0.3 is 9.15 Å². The van der Waals surface area contributed by atoms with Gasteiger partial charge in [-0.3, -0.25) is 14.9 Å². The molecule has 0 radical (unpaired) electrons. The highest BCUT2D eigenvalue weighted by molar-refractivity contribution is 6.39.